The van der Waals surface area contributed by atoms with E-state index in [1.54, 1.807) is 11.8 Å². The molecule has 1 aliphatic rings. The summed E-state index contributed by atoms with van der Waals surface area (Å²) >= 11 is 0. The molecule has 3 aromatic rings. The van der Waals surface area contributed by atoms with Gasteiger partial charge >= 0.3 is 5.97 Å². The van der Waals surface area contributed by atoms with Gasteiger partial charge in [-0.1, -0.05) is 65.7 Å². The molecule has 0 spiro atoms. The van der Waals surface area contributed by atoms with Gasteiger partial charge in [0.2, 0.25) is 0 Å². The van der Waals surface area contributed by atoms with Gasteiger partial charge in [0.25, 0.3) is 5.91 Å². The molecule has 5 heteroatoms. The zero-order chi connectivity index (χ0) is 22.7. The number of rotatable bonds is 5. The summed E-state index contributed by atoms with van der Waals surface area (Å²) in [7, 11) is 0. The van der Waals surface area contributed by atoms with Crippen molar-refractivity contribution in [2.45, 2.75) is 26.9 Å². The summed E-state index contributed by atoms with van der Waals surface area (Å²) in [6, 6.07) is 25.5. The highest BCUT2D eigenvalue weighted by molar-refractivity contribution is 6.10. The van der Waals surface area contributed by atoms with Crippen LogP contribution in [-0.4, -0.2) is 18.5 Å². The summed E-state index contributed by atoms with van der Waals surface area (Å²) in [5.41, 5.74) is 4.87. The highest BCUT2D eigenvalue weighted by Gasteiger charge is 2.40. The minimum atomic E-state index is -0.557. The van der Waals surface area contributed by atoms with Gasteiger partial charge in [-0.3, -0.25) is 9.69 Å². The molecule has 0 saturated heterocycles. The Labute approximate surface area is 188 Å². The number of ether oxygens (including phenoxy) is 1. The van der Waals surface area contributed by atoms with Crippen molar-refractivity contribution in [3.05, 3.63) is 107 Å². The van der Waals surface area contributed by atoms with Gasteiger partial charge in [-0.05, 0) is 50.6 Å². The SMILES string of the molecule is CCOC(=O)C1=CC(=O)N(c2ccc(C)cc2)C(c2ccccc2)N1c1ccc(C)cc1. The Morgan fingerprint density at radius 1 is 0.812 bits per heavy atom. The topological polar surface area (TPSA) is 49.9 Å². The number of amides is 1. The highest BCUT2D eigenvalue weighted by Crippen LogP contribution is 2.40. The molecule has 3 aromatic carbocycles. The van der Waals surface area contributed by atoms with E-state index in [9.17, 15) is 9.59 Å². The number of anilines is 2. The van der Waals surface area contributed by atoms with Gasteiger partial charge in [-0.2, -0.15) is 0 Å². The second-order valence-electron chi connectivity index (χ2n) is 7.78. The van der Waals surface area contributed by atoms with Crippen LogP contribution < -0.4 is 9.80 Å². The van der Waals surface area contributed by atoms with Crippen molar-refractivity contribution in [2.75, 3.05) is 16.4 Å². The summed E-state index contributed by atoms with van der Waals surface area (Å²) in [6.45, 7) is 6.00. The van der Waals surface area contributed by atoms with Crippen LogP contribution in [0.25, 0.3) is 0 Å². The van der Waals surface area contributed by atoms with E-state index in [0.717, 1.165) is 28.1 Å². The minimum Gasteiger partial charge on any atom is -0.461 e. The predicted molar refractivity (Wildman–Crippen MR) is 126 cm³/mol. The van der Waals surface area contributed by atoms with Crippen LogP contribution in [-0.2, 0) is 14.3 Å². The fraction of sp³-hybridized carbons (Fsp3) is 0.185. The Balaban J connectivity index is 1.95. The number of carbonyl (C=O) groups is 2. The van der Waals surface area contributed by atoms with Crippen molar-refractivity contribution in [3.8, 4) is 0 Å². The summed E-state index contributed by atoms with van der Waals surface area (Å²) in [5, 5.41) is 0. The standard InChI is InChI=1S/C27H26N2O3/c1-4-32-27(31)24-18-25(30)29(23-16-12-20(3)13-17-23)26(21-8-6-5-7-9-21)28(24)22-14-10-19(2)11-15-22/h5-18,26H,4H2,1-3H3. The molecule has 0 aromatic heterocycles. The van der Waals surface area contributed by atoms with Crippen LogP contribution in [0.1, 0.15) is 29.8 Å². The highest BCUT2D eigenvalue weighted by atomic mass is 16.5. The van der Waals surface area contributed by atoms with E-state index in [2.05, 4.69) is 0 Å². The average Bonchev–Trinajstić information content (AvgIpc) is 2.80. The Bertz CT molecular complexity index is 1140. The lowest BCUT2D eigenvalue weighted by Gasteiger charge is -2.44. The third kappa shape index (κ3) is 4.14. The smallest absolute Gasteiger partial charge is 0.355 e. The number of hydrogen-bond acceptors (Lipinski definition) is 4. The van der Waals surface area contributed by atoms with Crippen LogP contribution in [0.3, 0.4) is 0 Å². The summed E-state index contributed by atoms with van der Waals surface area (Å²) in [5.74, 6) is -0.792. The Morgan fingerprint density at radius 3 is 1.88 bits per heavy atom. The normalized spacial score (nSPS) is 16.0. The second-order valence-corrected chi connectivity index (χ2v) is 7.78. The van der Waals surface area contributed by atoms with Crippen LogP contribution in [0, 0.1) is 13.8 Å². The van der Waals surface area contributed by atoms with E-state index >= 15 is 0 Å². The van der Waals surface area contributed by atoms with Gasteiger partial charge in [-0.25, -0.2) is 4.79 Å². The molecule has 0 fully saturated rings. The molecule has 1 aliphatic heterocycles. The number of nitrogens with zero attached hydrogens (tertiary/aromatic N) is 2. The first kappa shape index (κ1) is 21.4. The van der Waals surface area contributed by atoms with Gasteiger partial charge in [-0.15, -0.1) is 0 Å². The average molecular weight is 427 g/mol. The van der Waals surface area contributed by atoms with Crippen LogP contribution in [0.4, 0.5) is 11.4 Å². The fourth-order valence-corrected chi connectivity index (χ4v) is 3.87. The zero-order valence-electron chi connectivity index (χ0n) is 18.5. The van der Waals surface area contributed by atoms with E-state index in [-0.39, 0.29) is 18.2 Å². The molecular formula is C27H26N2O3. The minimum absolute atomic E-state index is 0.220. The van der Waals surface area contributed by atoms with E-state index in [0.29, 0.717) is 0 Å². The molecule has 1 unspecified atom stereocenters. The van der Waals surface area contributed by atoms with Crippen LogP contribution >= 0.6 is 0 Å². The number of benzene rings is 3. The first-order valence-electron chi connectivity index (χ1n) is 10.7. The number of aryl methyl sites for hydroxylation is 2. The van der Waals surface area contributed by atoms with Crippen molar-refractivity contribution in [2.24, 2.45) is 0 Å². The quantitative estimate of drug-likeness (QED) is 0.520. The summed E-state index contributed by atoms with van der Waals surface area (Å²) in [4.78, 5) is 30.0. The molecule has 0 N–H and O–H groups in total. The summed E-state index contributed by atoms with van der Waals surface area (Å²) < 4.78 is 5.33. The fourth-order valence-electron chi connectivity index (χ4n) is 3.87. The molecule has 0 saturated carbocycles. The Hall–Kier alpha value is -3.86. The first-order chi connectivity index (χ1) is 15.5. The van der Waals surface area contributed by atoms with Gasteiger partial charge in [0.1, 0.15) is 11.9 Å². The molecule has 4 rings (SSSR count). The molecule has 1 atom stereocenters. The lowest BCUT2D eigenvalue weighted by Crippen LogP contribution is -2.50. The maximum Gasteiger partial charge on any atom is 0.355 e. The van der Waals surface area contributed by atoms with E-state index in [1.165, 1.54) is 6.08 Å². The summed E-state index contributed by atoms with van der Waals surface area (Å²) in [6.07, 6.45) is 0.815. The van der Waals surface area contributed by atoms with E-state index in [1.807, 2.05) is 97.6 Å². The molecular weight excluding hydrogens is 400 g/mol. The van der Waals surface area contributed by atoms with Crippen LogP contribution in [0.15, 0.2) is 90.6 Å². The van der Waals surface area contributed by atoms with Crippen molar-refractivity contribution in [3.63, 3.8) is 0 Å². The largest absolute Gasteiger partial charge is 0.461 e. The second kappa shape index (κ2) is 9.10. The lowest BCUT2D eigenvalue weighted by molar-refractivity contribution is -0.139. The molecule has 32 heavy (non-hydrogen) atoms. The van der Waals surface area contributed by atoms with Gasteiger partial charge in [0.05, 0.1) is 6.61 Å². The van der Waals surface area contributed by atoms with Gasteiger partial charge in [0, 0.05) is 17.5 Å². The van der Waals surface area contributed by atoms with E-state index in [4.69, 9.17) is 4.74 Å². The van der Waals surface area contributed by atoms with Crippen LogP contribution in [0.5, 0.6) is 0 Å². The first-order valence-corrected chi connectivity index (χ1v) is 10.7. The van der Waals surface area contributed by atoms with Gasteiger partial charge in [0.15, 0.2) is 0 Å². The number of hydrogen-bond donors (Lipinski definition) is 0. The molecule has 0 aliphatic carbocycles. The van der Waals surface area contributed by atoms with Crippen molar-refractivity contribution in [1.29, 1.82) is 0 Å². The monoisotopic (exact) mass is 426 g/mol. The van der Waals surface area contributed by atoms with Crippen molar-refractivity contribution < 1.29 is 14.3 Å². The molecule has 0 bridgehead atoms. The number of carbonyl (C=O) groups excluding carboxylic acids is 2. The van der Waals surface area contributed by atoms with Gasteiger partial charge < -0.3 is 9.64 Å². The maximum absolute atomic E-state index is 13.4. The van der Waals surface area contributed by atoms with Crippen molar-refractivity contribution in [1.82, 2.24) is 0 Å². The molecule has 162 valence electrons. The third-order valence-electron chi connectivity index (χ3n) is 5.45. The molecule has 1 amide bonds. The Morgan fingerprint density at radius 2 is 1.34 bits per heavy atom. The van der Waals surface area contributed by atoms with Crippen molar-refractivity contribution >= 4 is 23.3 Å². The predicted octanol–water partition coefficient (Wildman–Crippen LogP) is 5.30. The lowest BCUT2D eigenvalue weighted by atomic mass is 10.0. The zero-order valence-corrected chi connectivity index (χ0v) is 18.5. The van der Waals surface area contributed by atoms with Crippen LogP contribution in [0.2, 0.25) is 0 Å². The van der Waals surface area contributed by atoms with E-state index < -0.39 is 12.1 Å². The maximum atomic E-state index is 13.4. The molecule has 5 nitrogen and oxygen atoms in total. The molecule has 1 heterocycles. The Kier molecular flexibility index (Phi) is 6.08. The number of esters is 1. The third-order valence-corrected chi connectivity index (χ3v) is 5.45. The molecule has 0 radical (unpaired) electrons.